The molecule has 0 aliphatic rings. The lowest BCUT2D eigenvalue weighted by Crippen LogP contribution is -2.26. The summed E-state index contributed by atoms with van der Waals surface area (Å²) in [6.07, 6.45) is 1.47. The molecule has 1 aromatic rings. The molecule has 0 aliphatic carbocycles. The molecule has 1 rings (SSSR count). The number of anilines is 1. The Bertz CT molecular complexity index is 352. The number of halogens is 1. The van der Waals surface area contributed by atoms with Crippen LogP contribution < -0.4 is 4.90 Å². The molecule has 0 aromatic heterocycles. The Hall–Kier alpha value is -1.09. The van der Waals surface area contributed by atoms with Gasteiger partial charge < -0.3 is 10.0 Å². The van der Waals surface area contributed by atoms with E-state index in [0.29, 0.717) is 11.3 Å². The molecule has 1 N–H and O–H groups in total. The standard InChI is InChI=1S/C14H22FNO/c1-4-6-10-16(5-2)14-12(11(3)17)8-7-9-13(14)15/h7-9,11,17H,4-6,10H2,1-3H3. The Labute approximate surface area is 103 Å². The number of para-hydroxylation sites is 1. The average Bonchev–Trinajstić information content (AvgIpc) is 2.31. The van der Waals surface area contributed by atoms with Crippen LogP contribution in [-0.4, -0.2) is 18.2 Å². The van der Waals surface area contributed by atoms with Gasteiger partial charge in [0, 0.05) is 18.7 Å². The second-order valence-electron chi connectivity index (χ2n) is 4.29. The summed E-state index contributed by atoms with van der Waals surface area (Å²) in [6, 6.07) is 4.89. The van der Waals surface area contributed by atoms with E-state index >= 15 is 0 Å². The molecule has 0 saturated carbocycles. The molecule has 17 heavy (non-hydrogen) atoms. The first kappa shape index (κ1) is 14.0. The number of hydrogen-bond donors (Lipinski definition) is 1. The number of rotatable bonds is 6. The van der Waals surface area contributed by atoms with Gasteiger partial charge in [-0.05, 0) is 26.3 Å². The Kier molecular flexibility index (Phi) is 5.42. The number of aliphatic hydroxyl groups excluding tert-OH is 1. The van der Waals surface area contributed by atoms with Crippen molar-refractivity contribution in [3.05, 3.63) is 29.6 Å². The first-order chi connectivity index (χ1) is 8.11. The summed E-state index contributed by atoms with van der Waals surface area (Å²) in [5.74, 6) is -0.249. The van der Waals surface area contributed by atoms with E-state index in [4.69, 9.17) is 0 Å². The molecular weight excluding hydrogens is 217 g/mol. The van der Waals surface area contributed by atoms with E-state index in [1.807, 2.05) is 11.8 Å². The molecule has 1 unspecified atom stereocenters. The molecule has 0 amide bonds. The zero-order valence-corrected chi connectivity index (χ0v) is 10.9. The molecular formula is C14H22FNO. The highest BCUT2D eigenvalue weighted by Crippen LogP contribution is 2.29. The van der Waals surface area contributed by atoms with Gasteiger partial charge in [0.1, 0.15) is 5.82 Å². The second kappa shape index (κ2) is 6.60. The first-order valence-corrected chi connectivity index (χ1v) is 6.33. The smallest absolute Gasteiger partial charge is 0.146 e. The SMILES string of the molecule is CCCCN(CC)c1c(F)cccc1C(C)O. The summed E-state index contributed by atoms with van der Waals surface area (Å²) in [4.78, 5) is 2.00. The van der Waals surface area contributed by atoms with Crippen LogP contribution in [0.25, 0.3) is 0 Å². The number of benzene rings is 1. The van der Waals surface area contributed by atoms with E-state index in [1.165, 1.54) is 6.07 Å². The molecule has 1 aromatic carbocycles. The third-order valence-corrected chi connectivity index (χ3v) is 2.95. The predicted octanol–water partition coefficient (Wildman–Crippen LogP) is 3.51. The van der Waals surface area contributed by atoms with Crippen molar-refractivity contribution < 1.29 is 9.50 Å². The van der Waals surface area contributed by atoms with Crippen LogP contribution in [0.2, 0.25) is 0 Å². The summed E-state index contributed by atoms with van der Waals surface area (Å²) >= 11 is 0. The van der Waals surface area contributed by atoms with E-state index in [-0.39, 0.29) is 5.82 Å². The van der Waals surface area contributed by atoms with Crippen LogP contribution in [0.5, 0.6) is 0 Å². The highest BCUT2D eigenvalue weighted by molar-refractivity contribution is 5.55. The van der Waals surface area contributed by atoms with Crippen LogP contribution >= 0.6 is 0 Å². The maximum absolute atomic E-state index is 13.9. The van der Waals surface area contributed by atoms with Gasteiger partial charge in [0.25, 0.3) is 0 Å². The van der Waals surface area contributed by atoms with Crippen molar-refractivity contribution in [2.75, 3.05) is 18.0 Å². The summed E-state index contributed by atoms with van der Waals surface area (Å²) in [5, 5.41) is 9.71. The van der Waals surface area contributed by atoms with Crippen molar-refractivity contribution >= 4 is 5.69 Å². The molecule has 0 saturated heterocycles. The number of hydrogen-bond acceptors (Lipinski definition) is 2. The highest BCUT2D eigenvalue weighted by atomic mass is 19.1. The Balaban J connectivity index is 3.07. The lowest BCUT2D eigenvalue weighted by Gasteiger charge is -2.27. The van der Waals surface area contributed by atoms with Crippen LogP contribution in [0.15, 0.2) is 18.2 Å². The maximum atomic E-state index is 13.9. The fraction of sp³-hybridized carbons (Fsp3) is 0.571. The third kappa shape index (κ3) is 3.43. The van der Waals surface area contributed by atoms with Gasteiger partial charge in [-0.15, -0.1) is 0 Å². The summed E-state index contributed by atoms with van der Waals surface area (Å²) in [7, 11) is 0. The molecule has 0 spiro atoms. The van der Waals surface area contributed by atoms with Gasteiger partial charge >= 0.3 is 0 Å². The molecule has 2 nitrogen and oxygen atoms in total. The predicted molar refractivity (Wildman–Crippen MR) is 69.8 cm³/mol. The van der Waals surface area contributed by atoms with E-state index < -0.39 is 6.10 Å². The minimum absolute atomic E-state index is 0.249. The molecule has 0 heterocycles. The molecule has 3 heteroatoms. The Morgan fingerprint density at radius 1 is 1.35 bits per heavy atom. The molecule has 0 fully saturated rings. The average molecular weight is 239 g/mol. The monoisotopic (exact) mass is 239 g/mol. The van der Waals surface area contributed by atoms with Crippen molar-refractivity contribution in [1.82, 2.24) is 0 Å². The van der Waals surface area contributed by atoms with Crippen LogP contribution in [0, 0.1) is 5.82 Å². The van der Waals surface area contributed by atoms with Crippen LogP contribution in [0.3, 0.4) is 0 Å². The fourth-order valence-electron chi connectivity index (χ4n) is 1.98. The molecule has 0 radical (unpaired) electrons. The van der Waals surface area contributed by atoms with Gasteiger partial charge in [0.2, 0.25) is 0 Å². The van der Waals surface area contributed by atoms with Gasteiger partial charge in [-0.2, -0.15) is 0 Å². The fourth-order valence-corrected chi connectivity index (χ4v) is 1.98. The first-order valence-electron chi connectivity index (χ1n) is 6.33. The largest absolute Gasteiger partial charge is 0.389 e. The Morgan fingerprint density at radius 2 is 2.06 bits per heavy atom. The van der Waals surface area contributed by atoms with Crippen LogP contribution in [0.1, 0.15) is 45.3 Å². The normalized spacial score (nSPS) is 12.5. The number of nitrogens with zero attached hydrogens (tertiary/aromatic N) is 1. The lowest BCUT2D eigenvalue weighted by atomic mass is 10.1. The van der Waals surface area contributed by atoms with Crippen molar-refractivity contribution in [1.29, 1.82) is 0 Å². The highest BCUT2D eigenvalue weighted by Gasteiger charge is 2.17. The quantitative estimate of drug-likeness (QED) is 0.821. The van der Waals surface area contributed by atoms with E-state index in [9.17, 15) is 9.50 Å². The van der Waals surface area contributed by atoms with Gasteiger partial charge in [0.05, 0.1) is 11.8 Å². The zero-order valence-electron chi connectivity index (χ0n) is 10.9. The van der Waals surface area contributed by atoms with Crippen LogP contribution in [0.4, 0.5) is 10.1 Å². The van der Waals surface area contributed by atoms with Gasteiger partial charge in [0.15, 0.2) is 0 Å². The molecule has 96 valence electrons. The van der Waals surface area contributed by atoms with E-state index in [0.717, 1.165) is 25.9 Å². The van der Waals surface area contributed by atoms with Gasteiger partial charge in [-0.1, -0.05) is 25.5 Å². The maximum Gasteiger partial charge on any atom is 0.146 e. The van der Waals surface area contributed by atoms with Crippen LogP contribution in [-0.2, 0) is 0 Å². The van der Waals surface area contributed by atoms with Gasteiger partial charge in [-0.25, -0.2) is 4.39 Å². The van der Waals surface area contributed by atoms with Crippen molar-refractivity contribution in [2.24, 2.45) is 0 Å². The molecule has 0 aliphatic heterocycles. The topological polar surface area (TPSA) is 23.5 Å². The molecule has 0 bridgehead atoms. The molecule has 1 atom stereocenters. The number of unbranched alkanes of at least 4 members (excludes halogenated alkanes) is 1. The van der Waals surface area contributed by atoms with Crippen molar-refractivity contribution in [2.45, 2.75) is 39.7 Å². The summed E-state index contributed by atoms with van der Waals surface area (Å²) < 4.78 is 13.9. The summed E-state index contributed by atoms with van der Waals surface area (Å²) in [5.41, 5.74) is 1.22. The van der Waals surface area contributed by atoms with Crippen molar-refractivity contribution in [3.63, 3.8) is 0 Å². The zero-order chi connectivity index (χ0) is 12.8. The summed E-state index contributed by atoms with van der Waals surface area (Å²) in [6.45, 7) is 7.37. The van der Waals surface area contributed by atoms with E-state index in [1.54, 1.807) is 19.1 Å². The lowest BCUT2D eigenvalue weighted by molar-refractivity contribution is 0.199. The second-order valence-corrected chi connectivity index (χ2v) is 4.29. The van der Waals surface area contributed by atoms with E-state index in [2.05, 4.69) is 6.92 Å². The third-order valence-electron chi connectivity index (χ3n) is 2.95. The van der Waals surface area contributed by atoms with Crippen molar-refractivity contribution in [3.8, 4) is 0 Å². The number of aliphatic hydroxyl groups is 1. The minimum Gasteiger partial charge on any atom is -0.389 e. The minimum atomic E-state index is -0.642. The van der Waals surface area contributed by atoms with Gasteiger partial charge in [-0.3, -0.25) is 0 Å². The Morgan fingerprint density at radius 3 is 2.59 bits per heavy atom.